The van der Waals surface area contributed by atoms with E-state index in [9.17, 15) is 9.18 Å². The van der Waals surface area contributed by atoms with Crippen LogP contribution in [0.2, 0.25) is 0 Å². The molecule has 3 heterocycles. The first-order chi connectivity index (χ1) is 12.6. The van der Waals surface area contributed by atoms with Gasteiger partial charge in [-0.1, -0.05) is 6.07 Å². The Morgan fingerprint density at radius 3 is 2.88 bits per heavy atom. The van der Waals surface area contributed by atoms with Crippen LogP contribution >= 0.6 is 0 Å². The van der Waals surface area contributed by atoms with Gasteiger partial charge in [0, 0.05) is 30.6 Å². The van der Waals surface area contributed by atoms with Crippen LogP contribution in [0.5, 0.6) is 0 Å². The summed E-state index contributed by atoms with van der Waals surface area (Å²) in [5.74, 6) is -0.379. The highest BCUT2D eigenvalue weighted by Crippen LogP contribution is 2.40. The number of hydrogen-bond acceptors (Lipinski definition) is 3. The number of anilines is 1. The normalized spacial score (nSPS) is 24.1. The highest BCUT2D eigenvalue weighted by atomic mass is 19.1. The molecule has 2 amide bonds. The number of halogens is 1. The van der Waals surface area contributed by atoms with Crippen molar-refractivity contribution >= 4 is 11.7 Å². The molecule has 2 saturated heterocycles. The molecule has 2 aromatic rings. The van der Waals surface area contributed by atoms with E-state index in [-0.39, 0.29) is 24.0 Å². The van der Waals surface area contributed by atoms with E-state index in [4.69, 9.17) is 4.74 Å². The van der Waals surface area contributed by atoms with Gasteiger partial charge in [0.2, 0.25) is 0 Å². The Hall–Kier alpha value is -2.47. The molecule has 3 aliphatic rings. The molecule has 5 nitrogen and oxygen atoms in total. The first kappa shape index (κ1) is 17.0. The van der Waals surface area contributed by atoms with Crippen LogP contribution in [0.1, 0.15) is 24.8 Å². The first-order valence-electron chi connectivity index (χ1n) is 8.90. The van der Waals surface area contributed by atoms with Gasteiger partial charge < -0.3 is 15.0 Å². The van der Waals surface area contributed by atoms with Crippen LogP contribution in [0.4, 0.5) is 14.9 Å². The van der Waals surface area contributed by atoms with Gasteiger partial charge in [0.15, 0.2) is 0 Å². The number of carbonyl (C=O) groups is 1. The fourth-order valence-electron chi connectivity index (χ4n) is 4.12. The minimum atomic E-state index is -0.379. The van der Waals surface area contributed by atoms with E-state index in [2.05, 4.69) is 10.3 Å². The Kier molecular flexibility index (Phi) is 4.36. The third-order valence-electron chi connectivity index (χ3n) is 5.52. The number of rotatable bonds is 3. The number of carbonyl (C=O) groups excluding carboxylic acids is 1. The van der Waals surface area contributed by atoms with E-state index in [0.717, 1.165) is 30.4 Å². The summed E-state index contributed by atoms with van der Waals surface area (Å²) in [4.78, 5) is 18.6. The molecule has 3 fully saturated rings. The van der Waals surface area contributed by atoms with E-state index in [1.54, 1.807) is 13.3 Å². The highest BCUT2D eigenvalue weighted by molar-refractivity contribution is 5.91. The fourth-order valence-corrected chi connectivity index (χ4v) is 4.12. The monoisotopic (exact) mass is 355 g/mol. The summed E-state index contributed by atoms with van der Waals surface area (Å²) in [5, 5.41) is 2.99. The predicted octanol–water partition coefficient (Wildman–Crippen LogP) is 3.98. The number of aromatic nitrogens is 1. The number of urea groups is 1. The average molecular weight is 355 g/mol. The number of aryl methyl sites for hydroxylation is 1. The van der Waals surface area contributed by atoms with Crippen LogP contribution in [0.15, 0.2) is 36.7 Å². The number of methoxy groups -OCH3 is 1. The summed E-state index contributed by atoms with van der Waals surface area (Å²) in [7, 11) is 1.71. The summed E-state index contributed by atoms with van der Waals surface area (Å²) < 4.78 is 19.0. The molecule has 3 atom stereocenters. The molecule has 0 radical (unpaired) electrons. The molecule has 1 aliphatic carbocycles. The number of fused-ring (bicyclic) bond motifs is 2. The summed E-state index contributed by atoms with van der Waals surface area (Å²) in [6.07, 6.45) is 5.94. The van der Waals surface area contributed by atoms with Crippen molar-refractivity contribution in [3.8, 4) is 11.1 Å². The second-order valence-corrected chi connectivity index (χ2v) is 7.07. The summed E-state index contributed by atoms with van der Waals surface area (Å²) in [6.45, 7) is 1.95. The standard InChI is InChI=1S/C20H22FN3O2/c1-12-3-4-15(8-17(12)13-7-14(21)11-22-10-13)23-20(25)24-16-5-6-19(26-2)18(24)9-16/h3-4,7-8,10-11,16,18-19H,5-6,9H2,1-2H3,(H,23,25)/t16-,18-,19-/m0/s1. The number of nitrogens with one attached hydrogen (secondary N) is 1. The van der Waals surface area contributed by atoms with Crippen molar-refractivity contribution < 1.29 is 13.9 Å². The zero-order chi connectivity index (χ0) is 18.3. The fraction of sp³-hybridized carbons (Fsp3) is 0.400. The van der Waals surface area contributed by atoms with Crippen LogP contribution in [-0.4, -0.2) is 41.2 Å². The maximum Gasteiger partial charge on any atom is 0.322 e. The molecule has 1 N–H and O–H groups in total. The Labute approximate surface area is 152 Å². The highest BCUT2D eigenvalue weighted by Gasteiger charge is 2.49. The lowest BCUT2D eigenvalue weighted by molar-refractivity contribution is -0.0881. The third kappa shape index (κ3) is 2.94. The molecule has 2 bridgehead atoms. The van der Waals surface area contributed by atoms with Crippen molar-refractivity contribution in [1.29, 1.82) is 0 Å². The van der Waals surface area contributed by atoms with Gasteiger partial charge >= 0.3 is 6.03 Å². The summed E-state index contributed by atoms with van der Waals surface area (Å²) in [5.41, 5.74) is 3.24. The third-order valence-corrected chi connectivity index (χ3v) is 5.52. The van der Waals surface area contributed by atoms with Gasteiger partial charge in [0.25, 0.3) is 0 Å². The molecule has 1 saturated carbocycles. The average Bonchev–Trinajstić information content (AvgIpc) is 2.63. The second-order valence-electron chi connectivity index (χ2n) is 7.07. The Morgan fingerprint density at radius 2 is 2.15 bits per heavy atom. The minimum Gasteiger partial charge on any atom is -0.379 e. The van der Waals surface area contributed by atoms with Crippen LogP contribution in [0.25, 0.3) is 11.1 Å². The van der Waals surface area contributed by atoms with Crippen LogP contribution in [0.3, 0.4) is 0 Å². The van der Waals surface area contributed by atoms with Gasteiger partial charge in [-0.3, -0.25) is 4.98 Å². The van der Waals surface area contributed by atoms with Crippen molar-refractivity contribution in [3.05, 3.63) is 48.0 Å². The van der Waals surface area contributed by atoms with Gasteiger partial charge in [-0.25, -0.2) is 9.18 Å². The number of pyridine rings is 1. The molecule has 0 unspecified atom stereocenters. The molecule has 1 aromatic carbocycles. The molecular formula is C20H22FN3O2. The Morgan fingerprint density at radius 1 is 1.31 bits per heavy atom. The van der Waals surface area contributed by atoms with E-state index in [0.29, 0.717) is 17.3 Å². The Balaban J connectivity index is 1.54. The van der Waals surface area contributed by atoms with Gasteiger partial charge in [0.05, 0.1) is 18.3 Å². The van der Waals surface area contributed by atoms with Gasteiger partial charge in [0.1, 0.15) is 5.82 Å². The zero-order valence-corrected chi connectivity index (χ0v) is 14.9. The molecule has 1 aromatic heterocycles. The van der Waals surface area contributed by atoms with Crippen molar-refractivity contribution in [3.63, 3.8) is 0 Å². The van der Waals surface area contributed by atoms with Gasteiger partial charge in [-0.15, -0.1) is 0 Å². The van der Waals surface area contributed by atoms with Gasteiger partial charge in [-0.2, -0.15) is 0 Å². The van der Waals surface area contributed by atoms with E-state index < -0.39 is 0 Å². The number of amides is 2. The smallest absolute Gasteiger partial charge is 0.322 e. The maximum atomic E-state index is 13.5. The first-order valence-corrected chi connectivity index (χ1v) is 8.90. The lowest BCUT2D eigenvalue weighted by Crippen LogP contribution is -2.67. The number of piperidine rings is 1. The van der Waals surface area contributed by atoms with Crippen LogP contribution < -0.4 is 5.32 Å². The number of benzene rings is 1. The van der Waals surface area contributed by atoms with Crippen molar-refractivity contribution in [1.82, 2.24) is 9.88 Å². The lowest BCUT2D eigenvalue weighted by atomic mass is 9.78. The number of ether oxygens (including phenoxy) is 1. The zero-order valence-electron chi connectivity index (χ0n) is 14.9. The van der Waals surface area contributed by atoms with Gasteiger partial charge in [-0.05, 0) is 55.5 Å². The summed E-state index contributed by atoms with van der Waals surface area (Å²) >= 11 is 0. The maximum absolute atomic E-state index is 13.5. The van der Waals surface area contributed by atoms with Crippen LogP contribution in [-0.2, 0) is 4.74 Å². The minimum absolute atomic E-state index is 0.0971. The Bertz CT molecular complexity index is 840. The summed E-state index contributed by atoms with van der Waals surface area (Å²) in [6, 6.07) is 7.48. The topological polar surface area (TPSA) is 54.5 Å². The number of nitrogens with zero attached hydrogens (tertiary/aromatic N) is 2. The predicted molar refractivity (Wildman–Crippen MR) is 97.4 cm³/mol. The van der Waals surface area contributed by atoms with E-state index in [1.165, 1.54) is 12.3 Å². The largest absolute Gasteiger partial charge is 0.379 e. The SMILES string of the molecule is CO[C@H]1CC[C@H]2C[C@@H]1N2C(=O)Nc1ccc(C)c(-c2cncc(F)c2)c1. The molecule has 6 heteroatoms. The second kappa shape index (κ2) is 6.68. The molecule has 26 heavy (non-hydrogen) atoms. The van der Waals surface area contributed by atoms with Crippen LogP contribution in [0, 0.1) is 12.7 Å². The molecule has 5 rings (SSSR count). The quantitative estimate of drug-likeness (QED) is 0.906. The molecule has 2 aliphatic heterocycles. The van der Waals surface area contributed by atoms with E-state index in [1.807, 2.05) is 30.0 Å². The lowest BCUT2D eigenvalue weighted by Gasteiger charge is -2.55. The molecule has 0 spiro atoms. The number of hydrogen-bond donors (Lipinski definition) is 1. The van der Waals surface area contributed by atoms with E-state index >= 15 is 0 Å². The van der Waals surface area contributed by atoms with Crippen molar-refractivity contribution in [2.45, 2.75) is 44.4 Å². The van der Waals surface area contributed by atoms with Crippen molar-refractivity contribution in [2.75, 3.05) is 12.4 Å². The molecule has 136 valence electrons. The van der Waals surface area contributed by atoms with Crippen molar-refractivity contribution in [2.24, 2.45) is 0 Å². The molecular weight excluding hydrogens is 333 g/mol.